The van der Waals surface area contributed by atoms with Crippen molar-refractivity contribution in [3.63, 3.8) is 0 Å². The molecule has 0 aliphatic carbocycles. The molecular weight excluding hydrogens is 281 g/mol. The topological polar surface area (TPSA) is 9.23 Å². The fourth-order valence-electron chi connectivity index (χ4n) is 2.20. The van der Waals surface area contributed by atoms with Gasteiger partial charge in [0.2, 0.25) is 0 Å². The molecule has 0 aliphatic rings. The monoisotopic (exact) mass is 304 g/mol. The van der Waals surface area contributed by atoms with Crippen LogP contribution in [0.2, 0.25) is 19.1 Å². The summed E-state index contributed by atoms with van der Waals surface area (Å²) in [5.74, 6) is 0. The van der Waals surface area contributed by atoms with E-state index in [0.717, 1.165) is 49.6 Å². The molecule has 0 saturated carbocycles. The number of aryl methyl sites for hydroxylation is 1. The number of benzene rings is 1. The lowest BCUT2D eigenvalue weighted by molar-refractivity contribution is -0.137. The van der Waals surface area contributed by atoms with E-state index in [1.807, 2.05) is 6.92 Å². The summed E-state index contributed by atoms with van der Waals surface area (Å²) in [5, 5.41) is 0. The molecule has 0 heterocycles. The summed E-state index contributed by atoms with van der Waals surface area (Å²) in [7, 11) is -1.52. The number of halogens is 3. The molecule has 1 aromatic carbocycles. The Bertz CT molecular complexity index is 399. The highest BCUT2D eigenvalue weighted by Crippen LogP contribution is 2.29. The van der Waals surface area contributed by atoms with Crippen LogP contribution in [0.5, 0.6) is 0 Å². The van der Waals surface area contributed by atoms with Crippen molar-refractivity contribution >= 4 is 8.32 Å². The molecule has 5 heteroatoms. The number of rotatable bonds is 7. The SMILES string of the molecule is CCO[Si](C)(C)CCCCc1ccc(C(F)(F)F)cc1. The van der Waals surface area contributed by atoms with Gasteiger partial charge in [-0.2, -0.15) is 13.2 Å². The first-order valence-corrected chi connectivity index (χ1v) is 10.2. The zero-order chi connectivity index (χ0) is 15.2. The second-order valence-electron chi connectivity index (χ2n) is 5.59. The van der Waals surface area contributed by atoms with Crippen molar-refractivity contribution in [3.05, 3.63) is 35.4 Å². The summed E-state index contributed by atoms with van der Waals surface area (Å²) in [6.07, 6.45) is -1.35. The molecule has 114 valence electrons. The van der Waals surface area contributed by atoms with Gasteiger partial charge in [-0.1, -0.05) is 18.6 Å². The Morgan fingerprint density at radius 2 is 1.65 bits per heavy atom. The molecule has 0 N–H and O–H groups in total. The molecule has 0 amide bonds. The van der Waals surface area contributed by atoms with Crippen LogP contribution in [-0.4, -0.2) is 14.9 Å². The van der Waals surface area contributed by atoms with E-state index in [9.17, 15) is 13.2 Å². The Balaban J connectivity index is 2.36. The first kappa shape index (κ1) is 17.2. The van der Waals surface area contributed by atoms with E-state index in [-0.39, 0.29) is 0 Å². The van der Waals surface area contributed by atoms with Gasteiger partial charge in [0.05, 0.1) is 5.56 Å². The molecule has 0 fully saturated rings. The van der Waals surface area contributed by atoms with Gasteiger partial charge in [0.1, 0.15) is 0 Å². The maximum Gasteiger partial charge on any atom is 0.416 e. The molecule has 1 nitrogen and oxygen atoms in total. The molecule has 0 bridgehead atoms. The lowest BCUT2D eigenvalue weighted by atomic mass is 10.1. The minimum atomic E-state index is -4.24. The summed E-state index contributed by atoms with van der Waals surface area (Å²) in [5.41, 5.74) is 0.389. The van der Waals surface area contributed by atoms with Crippen LogP contribution in [-0.2, 0) is 17.0 Å². The zero-order valence-corrected chi connectivity index (χ0v) is 13.4. The molecule has 1 rings (SSSR count). The Hall–Kier alpha value is -0.813. The van der Waals surface area contributed by atoms with Crippen molar-refractivity contribution in [3.8, 4) is 0 Å². The van der Waals surface area contributed by atoms with Gasteiger partial charge in [-0.3, -0.25) is 0 Å². The fraction of sp³-hybridized carbons (Fsp3) is 0.600. The molecular formula is C15H23F3OSi. The van der Waals surface area contributed by atoms with Crippen LogP contribution in [0.15, 0.2) is 24.3 Å². The predicted octanol–water partition coefficient (Wildman–Crippen LogP) is 5.27. The lowest BCUT2D eigenvalue weighted by Gasteiger charge is -2.21. The fourth-order valence-corrected chi connectivity index (χ4v) is 4.23. The maximum atomic E-state index is 12.4. The van der Waals surface area contributed by atoms with Crippen LogP contribution in [0.1, 0.15) is 30.9 Å². The summed E-state index contributed by atoms with van der Waals surface area (Å²) in [6.45, 7) is 7.18. The average molecular weight is 304 g/mol. The first-order valence-electron chi connectivity index (χ1n) is 7.05. The molecule has 0 unspecified atom stereocenters. The van der Waals surface area contributed by atoms with Gasteiger partial charge in [-0.05, 0) is 56.6 Å². The van der Waals surface area contributed by atoms with Gasteiger partial charge in [0, 0.05) is 6.61 Å². The lowest BCUT2D eigenvalue weighted by Crippen LogP contribution is -2.29. The number of alkyl halides is 3. The molecule has 0 atom stereocenters. The van der Waals surface area contributed by atoms with Gasteiger partial charge in [0.25, 0.3) is 0 Å². The van der Waals surface area contributed by atoms with E-state index in [1.54, 1.807) is 12.1 Å². The third-order valence-electron chi connectivity index (χ3n) is 3.31. The summed E-state index contributed by atoms with van der Waals surface area (Å²) in [4.78, 5) is 0. The standard InChI is InChI=1S/C15H23F3OSi/c1-4-19-20(2,3)12-6-5-7-13-8-10-14(11-9-13)15(16,17)18/h8-11H,4-7,12H2,1-3H3. The number of hydrogen-bond acceptors (Lipinski definition) is 1. The van der Waals surface area contributed by atoms with Gasteiger partial charge in [0.15, 0.2) is 8.32 Å². The quantitative estimate of drug-likeness (QED) is 0.492. The molecule has 1 aromatic rings. The third-order valence-corrected chi connectivity index (χ3v) is 5.94. The maximum absolute atomic E-state index is 12.4. The Kier molecular flexibility index (Phi) is 6.26. The van der Waals surface area contributed by atoms with Crippen LogP contribution in [0.4, 0.5) is 13.2 Å². The van der Waals surface area contributed by atoms with Crippen molar-refractivity contribution in [2.24, 2.45) is 0 Å². The highest BCUT2D eigenvalue weighted by molar-refractivity contribution is 6.71. The average Bonchev–Trinajstić information content (AvgIpc) is 2.34. The van der Waals surface area contributed by atoms with Crippen LogP contribution < -0.4 is 0 Å². The Labute approximate surface area is 120 Å². The second kappa shape index (κ2) is 7.27. The van der Waals surface area contributed by atoms with Crippen molar-refractivity contribution in [2.75, 3.05) is 6.61 Å². The third kappa shape index (κ3) is 6.09. The van der Waals surface area contributed by atoms with E-state index in [1.165, 1.54) is 0 Å². The van der Waals surface area contributed by atoms with Gasteiger partial charge in [-0.25, -0.2) is 0 Å². The molecule has 0 radical (unpaired) electrons. The van der Waals surface area contributed by atoms with Crippen LogP contribution in [0.3, 0.4) is 0 Å². The minimum Gasteiger partial charge on any atom is -0.418 e. The van der Waals surface area contributed by atoms with E-state index >= 15 is 0 Å². The predicted molar refractivity (Wildman–Crippen MR) is 78.3 cm³/mol. The highest BCUT2D eigenvalue weighted by atomic mass is 28.4. The second-order valence-corrected chi connectivity index (χ2v) is 9.90. The smallest absolute Gasteiger partial charge is 0.416 e. The van der Waals surface area contributed by atoms with E-state index in [4.69, 9.17) is 4.43 Å². The number of unbranched alkanes of at least 4 members (excludes halogenated alkanes) is 1. The molecule has 0 saturated heterocycles. The Morgan fingerprint density at radius 1 is 1.05 bits per heavy atom. The summed E-state index contributed by atoms with van der Waals surface area (Å²) in [6, 6.07) is 6.58. The van der Waals surface area contributed by atoms with Crippen LogP contribution in [0.25, 0.3) is 0 Å². The Morgan fingerprint density at radius 3 is 2.15 bits per heavy atom. The number of hydrogen-bond donors (Lipinski definition) is 0. The van der Waals surface area contributed by atoms with E-state index in [0.29, 0.717) is 0 Å². The van der Waals surface area contributed by atoms with Gasteiger partial charge >= 0.3 is 6.18 Å². The van der Waals surface area contributed by atoms with Crippen LogP contribution >= 0.6 is 0 Å². The van der Waals surface area contributed by atoms with Crippen molar-refractivity contribution in [1.29, 1.82) is 0 Å². The first-order chi connectivity index (χ1) is 9.24. The largest absolute Gasteiger partial charge is 0.418 e. The summed E-state index contributed by atoms with van der Waals surface area (Å²) < 4.78 is 43.0. The van der Waals surface area contributed by atoms with Crippen LogP contribution in [0, 0.1) is 0 Å². The molecule has 0 spiro atoms. The zero-order valence-electron chi connectivity index (χ0n) is 12.4. The highest BCUT2D eigenvalue weighted by Gasteiger charge is 2.29. The molecule has 0 aromatic heterocycles. The van der Waals surface area contributed by atoms with Gasteiger partial charge < -0.3 is 4.43 Å². The van der Waals surface area contributed by atoms with E-state index < -0.39 is 20.1 Å². The normalized spacial score (nSPS) is 12.7. The molecule has 20 heavy (non-hydrogen) atoms. The molecule has 0 aliphatic heterocycles. The minimum absolute atomic E-state index is 0.578. The van der Waals surface area contributed by atoms with E-state index in [2.05, 4.69) is 13.1 Å². The van der Waals surface area contributed by atoms with Gasteiger partial charge in [-0.15, -0.1) is 0 Å². The summed E-state index contributed by atoms with van der Waals surface area (Å²) >= 11 is 0. The van der Waals surface area contributed by atoms with Crippen molar-refractivity contribution < 1.29 is 17.6 Å². The van der Waals surface area contributed by atoms with Crippen molar-refractivity contribution in [2.45, 2.75) is 51.5 Å². The van der Waals surface area contributed by atoms with Crippen molar-refractivity contribution in [1.82, 2.24) is 0 Å².